The third-order valence-corrected chi connectivity index (χ3v) is 5.11. The molecule has 4 N–H and O–H groups in total. The van der Waals surface area contributed by atoms with Gasteiger partial charge in [-0.15, -0.1) is 0 Å². The standard InChI is InChI=1S/C22H24F2N4O5/c23-13-1-7-17(8-2-13)33-21-18(11-14(24)12-26-21)20(31)27-15-3-5-16(6-4-15)28-22(32)25-10-9-19(29)30/h1-2,7-8,11-12,15-16H,3-6,9-10H2,(H,27,31)(H,29,30)(H2,25,28,32). The van der Waals surface area contributed by atoms with Crippen LogP contribution >= 0.6 is 0 Å². The number of aliphatic carboxylic acids is 1. The Labute approximate surface area is 188 Å². The lowest BCUT2D eigenvalue weighted by Crippen LogP contribution is -2.47. The van der Waals surface area contributed by atoms with E-state index in [2.05, 4.69) is 20.9 Å². The van der Waals surface area contributed by atoms with Crippen LogP contribution < -0.4 is 20.7 Å². The Morgan fingerprint density at radius 2 is 1.64 bits per heavy atom. The first-order valence-corrected chi connectivity index (χ1v) is 10.5. The quantitative estimate of drug-likeness (QED) is 0.477. The van der Waals surface area contributed by atoms with E-state index in [1.807, 2.05) is 0 Å². The third-order valence-electron chi connectivity index (χ3n) is 5.11. The lowest BCUT2D eigenvalue weighted by Gasteiger charge is -2.29. The van der Waals surface area contributed by atoms with E-state index in [1.54, 1.807) is 0 Å². The van der Waals surface area contributed by atoms with Gasteiger partial charge in [-0.3, -0.25) is 9.59 Å². The Bertz CT molecular complexity index is 995. The highest BCUT2D eigenvalue weighted by Crippen LogP contribution is 2.25. The molecule has 1 saturated carbocycles. The normalized spacial score (nSPS) is 17.6. The molecule has 2 aromatic rings. The zero-order valence-electron chi connectivity index (χ0n) is 17.6. The largest absolute Gasteiger partial charge is 0.481 e. The van der Waals surface area contributed by atoms with Crippen LogP contribution in [0.2, 0.25) is 0 Å². The molecule has 0 spiro atoms. The molecule has 0 saturated heterocycles. The van der Waals surface area contributed by atoms with Crippen molar-refractivity contribution in [3.05, 3.63) is 53.7 Å². The third kappa shape index (κ3) is 7.41. The summed E-state index contributed by atoms with van der Waals surface area (Å²) >= 11 is 0. The van der Waals surface area contributed by atoms with Crippen LogP contribution in [-0.4, -0.2) is 46.6 Å². The zero-order chi connectivity index (χ0) is 23.8. The molecule has 176 valence electrons. The molecule has 1 aromatic heterocycles. The van der Waals surface area contributed by atoms with E-state index < -0.39 is 29.5 Å². The SMILES string of the molecule is O=C(O)CCNC(=O)NC1CCC(NC(=O)c2cc(F)cnc2Oc2ccc(F)cc2)CC1. The van der Waals surface area contributed by atoms with Gasteiger partial charge in [-0.1, -0.05) is 0 Å². The Morgan fingerprint density at radius 3 is 2.27 bits per heavy atom. The molecule has 9 nitrogen and oxygen atoms in total. The fourth-order valence-corrected chi connectivity index (χ4v) is 3.45. The number of halogens is 2. The number of carboxylic acids is 1. The van der Waals surface area contributed by atoms with Crippen LogP contribution in [0.4, 0.5) is 13.6 Å². The van der Waals surface area contributed by atoms with Crippen molar-refractivity contribution in [2.45, 2.75) is 44.2 Å². The van der Waals surface area contributed by atoms with Crippen LogP contribution in [0.25, 0.3) is 0 Å². The molecule has 1 aliphatic rings. The van der Waals surface area contributed by atoms with E-state index in [4.69, 9.17) is 9.84 Å². The second-order valence-corrected chi connectivity index (χ2v) is 7.63. The van der Waals surface area contributed by atoms with Crippen molar-refractivity contribution >= 4 is 17.9 Å². The van der Waals surface area contributed by atoms with E-state index in [1.165, 1.54) is 24.3 Å². The van der Waals surface area contributed by atoms with Gasteiger partial charge in [-0.25, -0.2) is 18.6 Å². The second kappa shape index (κ2) is 11.2. The minimum absolute atomic E-state index is 0.0383. The van der Waals surface area contributed by atoms with Gasteiger partial charge in [0.1, 0.15) is 22.9 Å². The Morgan fingerprint density at radius 1 is 1.00 bits per heavy atom. The molecule has 0 aliphatic heterocycles. The highest BCUT2D eigenvalue weighted by atomic mass is 19.1. The maximum atomic E-state index is 13.8. The van der Waals surface area contributed by atoms with Gasteiger partial charge in [-0.05, 0) is 56.0 Å². The predicted octanol–water partition coefficient (Wildman–Crippen LogP) is 2.97. The number of aromatic nitrogens is 1. The maximum Gasteiger partial charge on any atom is 0.315 e. The van der Waals surface area contributed by atoms with E-state index in [9.17, 15) is 23.2 Å². The fourth-order valence-electron chi connectivity index (χ4n) is 3.45. The number of carbonyl (C=O) groups excluding carboxylic acids is 2. The first-order chi connectivity index (χ1) is 15.8. The minimum Gasteiger partial charge on any atom is -0.481 e. The van der Waals surface area contributed by atoms with E-state index in [-0.39, 0.29) is 42.2 Å². The van der Waals surface area contributed by atoms with Crippen molar-refractivity contribution < 1.29 is 33.0 Å². The number of hydrogen-bond acceptors (Lipinski definition) is 5. The Kier molecular flexibility index (Phi) is 8.11. The summed E-state index contributed by atoms with van der Waals surface area (Å²) in [5.41, 5.74) is -0.0858. The van der Waals surface area contributed by atoms with E-state index in [0.717, 1.165) is 12.3 Å². The molecular weight excluding hydrogens is 438 g/mol. The summed E-state index contributed by atoms with van der Waals surface area (Å²) in [7, 11) is 0. The van der Waals surface area contributed by atoms with Gasteiger partial charge in [0.15, 0.2) is 0 Å². The number of amides is 3. The topological polar surface area (TPSA) is 130 Å². The van der Waals surface area contributed by atoms with Crippen LogP contribution in [0.3, 0.4) is 0 Å². The average molecular weight is 462 g/mol. The van der Waals surface area contributed by atoms with Crippen LogP contribution in [0.1, 0.15) is 42.5 Å². The smallest absolute Gasteiger partial charge is 0.315 e. The van der Waals surface area contributed by atoms with Gasteiger partial charge in [0.25, 0.3) is 5.91 Å². The van der Waals surface area contributed by atoms with Gasteiger partial charge in [0.2, 0.25) is 5.88 Å². The van der Waals surface area contributed by atoms with Crippen LogP contribution in [0.15, 0.2) is 36.5 Å². The molecule has 33 heavy (non-hydrogen) atoms. The molecule has 1 aliphatic carbocycles. The minimum atomic E-state index is -0.994. The number of nitrogens with zero attached hydrogens (tertiary/aromatic N) is 1. The number of benzene rings is 1. The molecule has 0 atom stereocenters. The zero-order valence-corrected chi connectivity index (χ0v) is 17.6. The first kappa shape index (κ1) is 23.9. The lowest BCUT2D eigenvalue weighted by molar-refractivity contribution is -0.136. The molecular formula is C22H24F2N4O5. The van der Waals surface area contributed by atoms with Gasteiger partial charge < -0.3 is 25.8 Å². The van der Waals surface area contributed by atoms with E-state index in [0.29, 0.717) is 25.7 Å². The van der Waals surface area contributed by atoms with Gasteiger partial charge >= 0.3 is 12.0 Å². The first-order valence-electron chi connectivity index (χ1n) is 10.5. The molecule has 3 amide bonds. The average Bonchev–Trinajstić information content (AvgIpc) is 2.77. The number of hydrogen-bond donors (Lipinski definition) is 4. The molecule has 3 rings (SSSR count). The number of nitrogens with one attached hydrogen (secondary N) is 3. The fraction of sp³-hybridized carbons (Fsp3) is 0.364. The molecule has 0 bridgehead atoms. The number of ether oxygens (including phenoxy) is 1. The van der Waals surface area contributed by atoms with Crippen LogP contribution in [-0.2, 0) is 4.79 Å². The summed E-state index contributed by atoms with van der Waals surface area (Å²) in [4.78, 5) is 38.9. The lowest BCUT2D eigenvalue weighted by atomic mass is 9.91. The molecule has 0 radical (unpaired) electrons. The summed E-state index contributed by atoms with van der Waals surface area (Å²) in [6, 6.07) is 5.42. The summed E-state index contributed by atoms with van der Waals surface area (Å²) in [5.74, 6) is -2.55. The van der Waals surface area contributed by atoms with Crippen molar-refractivity contribution in [3.63, 3.8) is 0 Å². The number of carbonyl (C=O) groups is 3. The molecule has 1 heterocycles. The second-order valence-electron chi connectivity index (χ2n) is 7.63. The Hall–Kier alpha value is -3.76. The summed E-state index contributed by atoms with van der Waals surface area (Å²) in [6.45, 7) is 0.0383. The highest BCUT2D eigenvalue weighted by Gasteiger charge is 2.25. The maximum absolute atomic E-state index is 13.8. The van der Waals surface area contributed by atoms with Crippen molar-refractivity contribution in [2.24, 2.45) is 0 Å². The number of carboxylic acid groups (broad SMARTS) is 1. The van der Waals surface area contributed by atoms with Crippen molar-refractivity contribution in [3.8, 4) is 11.6 Å². The highest BCUT2D eigenvalue weighted by molar-refractivity contribution is 5.96. The van der Waals surface area contributed by atoms with E-state index >= 15 is 0 Å². The molecule has 11 heteroatoms. The van der Waals surface area contributed by atoms with Gasteiger partial charge in [-0.2, -0.15) is 0 Å². The number of rotatable bonds is 8. The van der Waals surface area contributed by atoms with Gasteiger partial charge in [0.05, 0.1) is 12.6 Å². The molecule has 1 aromatic carbocycles. The van der Waals surface area contributed by atoms with Crippen LogP contribution in [0.5, 0.6) is 11.6 Å². The molecule has 0 unspecified atom stereocenters. The molecule has 1 fully saturated rings. The summed E-state index contributed by atoms with van der Waals surface area (Å²) < 4.78 is 32.4. The monoisotopic (exact) mass is 462 g/mol. The Balaban J connectivity index is 1.52. The van der Waals surface area contributed by atoms with Crippen molar-refractivity contribution in [1.29, 1.82) is 0 Å². The van der Waals surface area contributed by atoms with Crippen LogP contribution in [0, 0.1) is 11.6 Å². The van der Waals surface area contributed by atoms with Crippen molar-refractivity contribution in [1.82, 2.24) is 20.9 Å². The predicted molar refractivity (Wildman–Crippen MR) is 113 cm³/mol. The van der Waals surface area contributed by atoms with Crippen molar-refractivity contribution in [2.75, 3.05) is 6.54 Å². The number of pyridine rings is 1. The number of urea groups is 1. The summed E-state index contributed by atoms with van der Waals surface area (Å²) in [6.07, 6.45) is 3.16. The summed E-state index contributed by atoms with van der Waals surface area (Å²) in [5, 5.41) is 16.7. The van der Waals surface area contributed by atoms with Gasteiger partial charge in [0, 0.05) is 18.6 Å².